The van der Waals surface area contributed by atoms with E-state index in [2.05, 4.69) is 59.2 Å². The first-order valence-electron chi connectivity index (χ1n) is 9.70. The zero-order chi connectivity index (χ0) is 20.1. The van der Waals surface area contributed by atoms with Gasteiger partial charge in [-0.15, -0.1) is 0 Å². The predicted molar refractivity (Wildman–Crippen MR) is 115 cm³/mol. The van der Waals surface area contributed by atoms with Crippen LogP contribution < -0.4 is 10.2 Å². The van der Waals surface area contributed by atoms with Crippen LogP contribution in [0.5, 0.6) is 0 Å². The fourth-order valence-electron chi connectivity index (χ4n) is 2.93. The van der Waals surface area contributed by atoms with Crippen molar-refractivity contribution in [3.63, 3.8) is 0 Å². The molecule has 3 aromatic rings. The average molecular weight is 409 g/mol. The first-order chi connectivity index (χ1) is 14.2. The lowest BCUT2D eigenvalue weighted by molar-refractivity contribution is 0.311. The third-order valence-electron chi connectivity index (χ3n) is 4.60. The second kappa shape index (κ2) is 9.15. The molecule has 150 valence electrons. The number of nitrogens with one attached hydrogen (secondary N) is 1. The summed E-state index contributed by atoms with van der Waals surface area (Å²) in [5.41, 5.74) is 0. The number of piperazine rings is 1. The Bertz CT molecular complexity index is 927. The van der Waals surface area contributed by atoms with Crippen molar-refractivity contribution < 1.29 is 0 Å². The van der Waals surface area contributed by atoms with Crippen LogP contribution in [0.25, 0.3) is 0 Å². The topological polar surface area (TPSA) is 83.0 Å². The molecule has 4 rings (SSSR count). The lowest BCUT2D eigenvalue weighted by Gasteiger charge is -2.32. The molecule has 0 aliphatic carbocycles. The molecule has 0 radical (unpaired) electrons. The Hall–Kier alpha value is -2.78. The van der Waals surface area contributed by atoms with Crippen LogP contribution in [0, 0.1) is 0 Å². The lowest BCUT2D eigenvalue weighted by atomic mass is 10.3. The first-order valence-corrected chi connectivity index (χ1v) is 10.5. The largest absolute Gasteiger partial charge is 0.338 e. The van der Waals surface area contributed by atoms with E-state index in [1.165, 1.54) is 0 Å². The van der Waals surface area contributed by atoms with Crippen molar-refractivity contribution in [1.82, 2.24) is 29.8 Å². The second-order valence-corrected chi connectivity index (χ2v) is 7.95. The SMILES string of the molecule is CCc1nc(Nc2ncc(Sc3ccccc3)cn2)nc(N2CCN(C)CC2)n1. The quantitative estimate of drug-likeness (QED) is 0.662. The minimum atomic E-state index is 0.472. The van der Waals surface area contributed by atoms with E-state index >= 15 is 0 Å². The summed E-state index contributed by atoms with van der Waals surface area (Å²) >= 11 is 1.63. The number of likely N-dealkylation sites (N-methyl/N-ethyl adjacent to an activating group) is 1. The molecule has 29 heavy (non-hydrogen) atoms. The highest BCUT2D eigenvalue weighted by molar-refractivity contribution is 7.99. The number of aryl methyl sites for hydroxylation is 1. The molecular weight excluding hydrogens is 384 g/mol. The normalized spacial score (nSPS) is 14.8. The molecule has 0 amide bonds. The maximum atomic E-state index is 4.60. The van der Waals surface area contributed by atoms with Crippen LogP contribution in [0.2, 0.25) is 0 Å². The summed E-state index contributed by atoms with van der Waals surface area (Å²) in [6.45, 7) is 5.86. The molecule has 1 aromatic carbocycles. The fourth-order valence-corrected chi connectivity index (χ4v) is 3.70. The van der Waals surface area contributed by atoms with Gasteiger partial charge >= 0.3 is 0 Å². The van der Waals surface area contributed by atoms with E-state index < -0.39 is 0 Å². The highest BCUT2D eigenvalue weighted by atomic mass is 32.2. The van der Waals surface area contributed by atoms with Crippen molar-refractivity contribution in [2.45, 2.75) is 23.1 Å². The summed E-state index contributed by atoms with van der Waals surface area (Å²) in [4.78, 5) is 29.2. The number of benzene rings is 1. The standard InChI is InChI=1S/C20H24N8S/c1-3-17-23-19(26-20(24-17)28-11-9-27(2)10-12-28)25-18-21-13-16(14-22-18)29-15-7-5-4-6-8-15/h4-8,13-14H,3,9-12H2,1-2H3,(H,21,22,23,24,25,26). The van der Waals surface area contributed by atoms with E-state index in [4.69, 9.17) is 0 Å². The van der Waals surface area contributed by atoms with E-state index in [-0.39, 0.29) is 0 Å². The molecule has 1 saturated heterocycles. The zero-order valence-corrected chi connectivity index (χ0v) is 17.4. The van der Waals surface area contributed by atoms with Gasteiger partial charge in [0.2, 0.25) is 17.8 Å². The highest BCUT2D eigenvalue weighted by Crippen LogP contribution is 2.26. The number of hydrogen-bond acceptors (Lipinski definition) is 9. The van der Waals surface area contributed by atoms with Crippen LogP contribution >= 0.6 is 11.8 Å². The van der Waals surface area contributed by atoms with Crippen LogP contribution in [-0.2, 0) is 6.42 Å². The van der Waals surface area contributed by atoms with Gasteiger partial charge in [0.25, 0.3) is 0 Å². The molecule has 0 saturated carbocycles. The molecule has 1 aliphatic heterocycles. The first kappa shape index (κ1) is 19.5. The Balaban J connectivity index is 1.47. The maximum Gasteiger partial charge on any atom is 0.234 e. The molecule has 3 heterocycles. The fraction of sp³-hybridized carbons (Fsp3) is 0.350. The molecule has 0 spiro atoms. The third kappa shape index (κ3) is 5.18. The van der Waals surface area contributed by atoms with Crippen LogP contribution in [-0.4, -0.2) is 63.0 Å². The Labute approximate surface area is 174 Å². The summed E-state index contributed by atoms with van der Waals surface area (Å²) < 4.78 is 0. The van der Waals surface area contributed by atoms with Crippen LogP contribution in [0.3, 0.4) is 0 Å². The van der Waals surface area contributed by atoms with Crippen molar-refractivity contribution in [2.24, 2.45) is 0 Å². The Kier molecular flexibility index (Phi) is 6.16. The van der Waals surface area contributed by atoms with Crippen molar-refractivity contribution in [1.29, 1.82) is 0 Å². The molecule has 2 aromatic heterocycles. The van der Waals surface area contributed by atoms with Gasteiger partial charge in [0.1, 0.15) is 5.82 Å². The molecule has 1 aliphatic rings. The number of hydrogen-bond donors (Lipinski definition) is 1. The smallest absolute Gasteiger partial charge is 0.234 e. The van der Waals surface area contributed by atoms with Gasteiger partial charge in [0.15, 0.2) is 0 Å². The monoisotopic (exact) mass is 408 g/mol. The number of nitrogens with zero attached hydrogens (tertiary/aromatic N) is 7. The van der Waals surface area contributed by atoms with Crippen molar-refractivity contribution in [3.8, 4) is 0 Å². The number of anilines is 3. The Morgan fingerprint density at radius 3 is 2.31 bits per heavy atom. The highest BCUT2D eigenvalue weighted by Gasteiger charge is 2.18. The molecule has 1 fully saturated rings. The number of aromatic nitrogens is 5. The van der Waals surface area contributed by atoms with Gasteiger partial charge in [-0.1, -0.05) is 36.9 Å². The Morgan fingerprint density at radius 1 is 0.897 bits per heavy atom. The van der Waals surface area contributed by atoms with Gasteiger partial charge in [-0.05, 0) is 19.2 Å². The van der Waals surface area contributed by atoms with Crippen LogP contribution in [0.4, 0.5) is 17.8 Å². The molecule has 8 nitrogen and oxygen atoms in total. The van der Waals surface area contributed by atoms with E-state index in [9.17, 15) is 0 Å². The maximum absolute atomic E-state index is 4.60. The minimum absolute atomic E-state index is 0.472. The van der Waals surface area contributed by atoms with Crippen molar-refractivity contribution >= 4 is 29.6 Å². The Morgan fingerprint density at radius 2 is 1.62 bits per heavy atom. The van der Waals surface area contributed by atoms with Gasteiger partial charge in [-0.25, -0.2) is 9.97 Å². The van der Waals surface area contributed by atoms with E-state index in [0.717, 1.165) is 48.2 Å². The van der Waals surface area contributed by atoms with Crippen molar-refractivity contribution in [3.05, 3.63) is 48.5 Å². The van der Waals surface area contributed by atoms with Gasteiger partial charge < -0.3 is 9.80 Å². The molecule has 0 unspecified atom stereocenters. The van der Waals surface area contributed by atoms with Crippen LogP contribution in [0.15, 0.2) is 52.5 Å². The van der Waals surface area contributed by atoms with E-state index in [0.29, 0.717) is 17.8 Å². The molecule has 9 heteroatoms. The van der Waals surface area contributed by atoms with Gasteiger partial charge in [0.05, 0.1) is 0 Å². The van der Waals surface area contributed by atoms with Gasteiger partial charge in [-0.3, -0.25) is 5.32 Å². The average Bonchev–Trinajstić information content (AvgIpc) is 2.76. The molecule has 0 atom stereocenters. The van der Waals surface area contributed by atoms with Gasteiger partial charge in [0, 0.05) is 54.8 Å². The predicted octanol–water partition coefficient (Wildman–Crippen LogP) is 2.87. The summed E-state index contributed by atoms with van der Waals surface area (Å²) in [5.74, 6) is 2.42. The minimum Gasteiger partial charge on any atom is -0.338 e. The molecule has 0 bridgehead atoms. The third-order valence-corrected chi connectivity index (χ3v) is 5.56. The van der Waals surface area contributed by atoms with Crippen molar-refractivity contribution in [2.75, 3.05) is 43.4 Å². The van der Waals surface area contributed by atoms with Crippen LogP contribution in [0.1, 0.15) is 12.7 Å². The summed E-state index contributed by atoms with van der Waals surface area (Å²) in [7, 11) is 2.13. The summed E-state index contributed by atoms with van der Waals surface area (Å²) in [6, 6.07) is 10.2. The lowest BCUT2D eigenvalue weighted by Crippen LogP contribution is -2.45. The molecular formula is C20H24N8S. The number of rotatable bonds is 6. The molecule has 1 N–H and O–H groups in total. The van der Waals surface area contributed by atoms with E-state index in [1.54, 1.807) is 24.2 Å². The second-order valence-electron chi connectivity index (χ2n) is 6.80. The summed E-state index contributed by atoms with van der Waals surface area (Å²) in [5, 5.41) is 3.13. The van der Waals surface area contributed by atoms with Gasteiger partial charge in [-0.2, -0.15) is 15.0 Å². The zero-order valence-electron chi connectivity index (χ0n) is 16.6. The summed E-state index contributed by atoms with van der Waals surface area (Å²) in [6.07, 6.45) is 4.35. The van der Waals surface area contributed by atoms with E-state index in [1.807, 2.05) is 25.1 Å².